The maximum atomic E-state index is 12.8. The fourth-order valence-corrected chi connectivity index (χ4v) is 4.78. The first-order chi connectivity index (χ1) is 15.8. The maximum absolute atomic E-state index is 12.8. The lowest BCUT2D eigenvalue weighted by atomic mass is 9.91. The highest BCUT2D eigenvalue weighted by molar-refractivity contribution is 7.80. The van der Waals surface area contributed by atoms with Gasteiger partial charge in [0.1, 0.15) is 4.99 Å². The van der Waals surface area contributed by atoms with E-state index in [4.69, 9.17) is 27.2 Å². The molecule has 0 amide bonds. The Bertz CT molecular complexity index is 689. The summed E-state index contributed by atoms with van der Waals surface area (Å²) in [5, 5.41) is 18.1. The Hall–Kier alpha value is -1.26. The fourth-order valence-electron chi connectivity index (χ4n) is 4.36. The quantitative estimate of drug-likeness (QED) is 0.321. The van der Waals surface area contributed by atoms with E-state index in [-0.39, 0.29) is 25.4 Å². The van der Waals surface area contributed by atoms with Crippen molar-refractivity contribution >= 4 is 17.2 Å². The van der Waals surface area contributed by atoms with Crippen LogP contribution in [0.5, 0.6) is 0 Å². The molecule has 0 bridgehead atoms. The largest absolute Gasteiger partial charge is 0.416 e. The van der Waals surface area contributed by atoms with Crippen molar-refractivity contribution in [3.8, 4) is 0 Å². The lowest BCUT2D eigenvalue weighted by Gasteiger charge is -2.38. The first-order valence-electron chi connectivity index (χ1n) is 11.8. The van der Waals surface area contributed by atoms with Gasteiger partial charge in [0.2, 0.25) is 0 Å². The first kappa shape index (κ1) is 28.0. The Morgan fingerprint density at radius 3 is 2.12 bits per heavy atom. The van der Waals surface area contributed by atoms with Gasteiger partial charge in [0, 0.05) is 37.8 Å². The van der Waals surface area contributed by atoms with Gasteiger partial charge >= 0.3 is 6.18 Å². The van der Waals surface area contributed by atoms with Crippen LogP contribution in [-0.2, 0) is 10.9 Å². The number of hydrogen-bond donors (Lipinski definition) is 2. The van der Waals surface area contributed by atoms with E-state index < -0.39 is 11.7 Å². The van der Waals surface area contributed by atoms with Crippen LogP contribution in [-0.4, -0.2) is 83.1 Å². The van der Waals surface area contributed by atoms with Crippen LogP contribution < -0.4 is 0 Å². The molecule has 1 aromatic rings. The van der Waals surface area contributed by atoms with Crippen molar-refractivity contribution in [1.82, 2.24) is 9.80 Å². The van der Waals surface area contributed by atoms with Gasteiger partial charge in [-0.25, -0.2) is 0 Å². The molecule has 1 aliphatic carbocycles. The number of benzene rings is 1. The molecule has 0 atom stereocenters. The topological polar surface area (TPSA) is 56.2 Å². The van der Waals surface area contributed by atoms with Crippen molar-refractivity contribution in [2.24, 2.45) is 0 Å². The molecule has 2 rings (SSSR count). The minimum Gasteiger partial charge on any atom is -0.395 e. The van der Waals surface area contributed by atoms with Crippen molar-refractivity contribution in [1.29, 1.82) is 0 Å². The minimum atomic E-state index is -4.35. The lowest BCUT2D eigenvalue weighted by molar-refractivity contribution is -0.137. The summed E-state index contributed by atoms with van der Waals surface area (Å²) in [4.78, 5) is 4.78. The van der Waals surface area contributed by atoms with E-state index in [1.54, 1.807) is 0 Å². The Morgan fingerprint density at radius 1 is 1.00 bits per heavy atom. The zero-order chi connectivity index (χ0) is 24.3. The SMILES string of the molecule is CCN(C(=S)c1ccc(C(F)(F)F)cc1)C1CCC(OCCCCN(CCO)CCO)CC1. The van der Waals surface area contributed by atoms with Crippen molar-refractivity contribution in [2.75, 3.05) is 46.0 Å². The second kappa shape index (κ2) is 14.2. The highest BCUT2D eigenvalue weighted by atomic mass is 32.1. The molecule has 5 nitrogen and oxygen atoms in total. The molecule has 188 valence electrons. The highest BCUT2D eigenvalue weighted by Crippen LogP contribution is 2.30. The molecular formula is C24H37F3N2O3S. The molecule has 0 saturated heterocycles. The molecule has 0 radical (unpaired) electrons. The fraction of sp³-hybridized carbons (Fsp3) is 0.708. The molecule has 0 aliphatic heterocycles. The predicted octanol–water partition coefficient (Wildman–Crippen LogP) is 4.10. The van der Waals surface area contributed by atoms with Crippen LogP contribution in [0.1, 0.15) is 56.6 Å². The number of aliphatic hydroxyl groups is 2. The van der Waals surface area contributed by atoms with Crippen LogP contribution in [0.25, 0.3) is 0 Å². The van der Waals surface area contributed by atoms with Crippen molar-refractivity contribution in [3.63, 3.8) is 0 Å². The van der Waals surface area contributed by atoms with Crippen LogP contribution in [0.3, 0.4) is 0 Å². The number of nitrogens with zero attached hydrogens (tertiary/aromatic N) is 2. The first-order valence-corrected chi connectivity index (χ1v) is 12.2. The molecule has 2 N–H and O–H groups in total. The summed E-state index contributed by atoms with van der Waals surface area (Å²) < 4.78 is 44.5. The molecule has 0 heterocycles. The molecule has 1 fully saturated rings. The second-order valence-corrected chi connectivity index (χ2v) is 8.85. The highest BCUT2D eigenvalue weighted by Gasteiger charge is 2.31. The number of rotatable bonds is 13. The average Bonchev–Trinajstić information content (AvgIpc) is 2.80. The Kier molecular flexibility index (Phi) is 12.0. The number of halogens is 3. The van der Waals surface area contributed by atoms with E-state index in [1.165, 1.54) is 12.1 Å². The number of ether oxygens (including phenoxy) is 1. The predicted molar refractivity (Wildman–Crippen MR) is 127 cm³/mol. The third-order valence-electron chi connectivity index (χ3n) is 6.20. The molecule has 1 aliphatic rings. The molecule has 1 aromatic carbocycles. The van der Waals surface area contributed by atoms with E-state index >= 15 is 0 Å². The van der Waals surface area contributed by atoms with Crippen molar-refractivity contribution in [2.45, 2.75) is 63.8 Å². The summed E-state index contributed by atoms with van der Waals surface area (Å²) in [6.07, 6.45) is 1.55. The van der Waals surface area contributed by atoms with Crippen LogP contribution >= 0.6 is 12.2 Å². The maximum Gasteiger partial charge on any atom is 0.416 e. The van der Waals surface area contributed by atoms with Crippen LogP contribution in [0.4, 0.5) is 13.2 Å². The minimum absolute atomic E-state index is 0.0941. The molecule has 9 heteroatoms. The number of hydrogen-bond acceptors (Lipinski definition) is 5. The third-order valence-corrected chi connectivity index (χ3v) is 6.67. The molecule has 0 aromatic heterocycles. The van der Waals surface area contributed by atoms with E-state index in [2.05, 4.69) is 4.90 Å². The number of alkyl halides is 3. The Morgan fingerprint density at radius 2 is 1.61 bits per heavy atom. The Balaban J connectivity index is 1.74. The molecular weight excluding hydrogens is 453 g/mol. The number of thiocarbonyl (C=S) groups is 1. The van der Waals surface area contributed by atoms with Gasteiger partial charge in [-0.1, -0.05) is 24.4 Å². The van der Waals surface area contributed by atoms with Gasteiger partial charge in [-0.2, -0.15) is 13.2 Å². The van der Waals surface area contributed by atoms with Crippen molar-refractivity contribution < 1.29 is 28.1 Å². The standard InChI is InChI=1S/C24H37F3N2O3S/c1-2-29(23(33)19-5-7-20(8-6-19)24(25,26)27)21-9-11-22(12-10-21)32-18-4-3-13-28(14-16-30)15-17-31/h5-8,21-22,30-31H,2-4,9-18H2,1H3. The van der Waals surface area contributed by atoms with Gasteiger partial charge in [-0.3, -0.25) is 4.90 Å². The summed E-state index contributed by atoms with van der Waals surface area (Å²) in [5.41, 5.74) is -0.0149. The van der Waals surface area contributed by atoms with E-state index in [0.717, 1.165) is 57.2 Å². The van der Waals surface area contributed by atoms with Crippen LogP contribution in [0.15, 0.2) is 24.3 Å². The third kappa shape index (κ3) is 9.13. The zero-order valence-corrected chi connectivity index (χ0v) is 20.2. The van der Waals surface area contributed by atoms with E-state index in [9.17, 15) is 13.2 Å². The summed E-state index contributed by atoms with van der Waals surface area (Å²) >= 11 is 5.62. The lowest BCUT2D eigenvalue weighted by Crippen LogP contribution is -2.42. The summed E-state index contributed by atoms with van der Waals surface area (Å²) in [5.74, 6) is 0. The summed E-state index contributed by atoms with van der Waals surface area (Å²) in [6.45, 7) is 5.62. The Labute approximate surface area is 200 Å². The van der Waals surface area contributed by atoms with E-state index in [1.807, 2.05) is 11.8 Å². The van der Waals surface area contributed by atoms with Gasteiger partial charge in [0.05, 0.1) is 24.9 Å². The number of unbranched alkanes of at least 4 members (excludes halogenated alkanes) is 1. The average molecular weight is 491 g/mol. The van der Waals surface area contributed by atoms with Crippen LogP contribution in [0, 0.1) is 0 Å². The van der Waals surface area contributed by atoms with E-state index in [0.29, 0.717) is 36.8 Å². The summed E-state index contributed by atoms with van der Waals surface area (Å²) in [7, 11) is 0. The van der Waals surface area contributed by atoms with Crippen LogP contribution in [0.2, 0.25) is 0 Å². The zero-order valence-electron chi connectivity index (χ0n) is 19.4. The summed E-state index contributed by atoms with van der Waals surface area (Å²) in [6, 6.07) is 5.38. The molecule has 0 unspecified atom stereocenters. The smallest absolute Gasteiger partial charge is 0.395 e. The molecule has 0 spiro atoms. The van der Waals surface area contributed by atoms with Crippen molar-refractivity contribution in [3.05, 3.63) is 35.4 Å². The second-order valence-electron chi connectivity index (χ2n) is 8.46. The van der Waals surface area contributed by atoms with Gasteiger partial charge in [0.15, 0.2) is 0 Å². The van der Waals surface area contributed by atoms with Gasteiger partial charge in [-0.05, 0) is 64.1 Å². The normalized spacial score (nSPS) is 19.1. The molecule has 1 saturated carbocycles. The van der Waals surface area contributed by atoms with Gasteiger partial charge < -0.3 is 19.8 Å². The van der Waals surface area contributed by atoms with Gasteiger partial charge in [0.25, 0.3) is 0 Å². The number of aliphatic hydroxyl groups excluding tert-OH is 2. The monoisotopic (exact) mass is 490 g/mol. The molecule has 33 heavy (non-hydrogen) atoms. The van der Waals surface area contributed by atoms with Gasteiger partial charge in [-0.15, -0.1) is 0 Å².